The highest BCUT2D eigenvalue weighted by Gasteiger charge is 2.28. The smallest absolute Gasteiger partial charge is 0.410 e. The van der Waals surface area contributed by atoms with Crippen LogP contribution in [0.25, 0.3) is 0 Å². The van der Waals surface area contributed by atoms with Gasteiger partial charge < -0.3 is 14.5 Å². The zero-order chi connectivity index (χ0) is 18.4. The van der Waals surface area contributed by atoms with Crippen molar-refractivity contribution in [3.63, 3.8) is 0 Å². The maximum Gasteiger partial charge on any atom is 0.410 e. The van der Waals surface area contributed by atoms with E-state index < -0.39 is 6.09 Å². The zero-order valence-electron chi connectivity index (χ0n) is 14.8. The molecule has 1 aromatic rings. The number of carbonyl (C=O) groups excluding carboxylic acids is 3. The summed E-state index contributed by atoms with van der Waals surface area (Å²) in [4.78, 5) is 45.4. The lowest BCUT2D eigenvalue weighted by molar-refractivity contribution is -0.133. The summed E-state index contributed by atoms with van der Waals surface area (Å²) in [7, 11) is 0. The minimum Gasteiger partial charge on any atom is -0.448 e. The van der Waals surface area contributed by atoms with Crippen LogP contribution in [0.5, 0.6) is 0 Å². The average molecular weight is 360 g/mol. The van der Waals surface area contributed by atoms with Crippen molar-refractivity contribution < 1.29 is 19.1 Å². The molecule has 0 unspecified atom stereocenters. The maximum absolute atomic E-state index is 12.5. The minimum atomic E-state index is -0.430. The molecule has 0 saturated carbocycles. The third kappa shape index (κ3) is 4.71. The third-order valence-corrected chi connectivity index (χ3v) is 4.72. The molecule has 8 nitrogen and oxygen atoms in total. The van der Waals surface area contributed by atoms with E-state index in [1.54, 1.807) is 17.3 Å². The number of carbonyl (C=O) groups is 3. The normalized spacial score (nSPS) is 17.8. The van der Waals surface area contributed by atoms with Gasteiger partial charge in [-0.05, 0) is 24.5 Å². The predicted octanol–water partition coefficient (Wildman–Crippen LogP) is 0.527. The summed E-state index contributed by atoms with van der Waals surface area (Å²) >= 11 is 0. The van der Waals surface area contributed by atoms with Crippen LogP contribution >= 0.6 is 0 Å². The van der Waals surface area contributed by atoms with Gasteiger partial charge in [-0.3, -0.25) is 19.5 Å². The highest BCUT2D eigenvalue weighted by atomic mass is 16.6. The Balaban J connectivity index is 1.45. The number of hydrogen-bond acceptors (Lipinski definition) is 5. The summed E-state index contributed by atoms with van der Waals surface area (Å²) < 4.78 is 4.85. The number of rotatable bonds is 5. The molecule has 2 aliphatic heterocycles. The van der Waals surface area contributed by atoms with Gasteiger partial charge >= 0.3 is 6.09 Å². The molecule has 26 heavy (non-hydrogen) atoms. The quantitative estimate of drug-likeness (QED) is 0.765. The lowest BCUT2D eigenvalue weighted by Gasteiger charge is -2.23. The number of aryl methyl sites for hydroxylation is 1. The monoisotopic (exact) mass is 360 g/mol. The highest BCUT2D eigenvalue weighted by Crippen LogP contribution is 2.10. The molecule has 2 aliphatic rings. The molecule has 1 aromatic heterocycles. The van der Waals surface area contributed by atoms with Crippen LogP contribution in [-0.2, 0) is 20.7 Å². The van der Waals surface area contributed by atoms with Crippen LogP contribution in [0.1, 0.15) is 18.4 Å². The molecule has 3 heterocycles. The van der Waals surface area contributed by atoms with Gasteiger partial charge in [-0.25, -0.2) is 4.79 Å². The summed E-state index contributed by atoms with van der Waals surface area (Å²) in [5, 5.41) is 0. The van der Waals surface area contributed by atoms with E-state index in [9.17, 15) is 14.4 Å². The van der Waals surface area contributed by atoms with Crippen LogP contribution in [0.3, 0.4) is 0 Å². The molecule has 0 bridgehead atoms. The molecule has 0 N–H and O–H groups in total. The number of cyclic esters (lactones) is 1. The second kappa shape index (κ2) is 8.64. The van der Waals surface area contributed by atoms with E-state index in [0.717, 1.165) is 12.0 Å². The first-order valence-corrected chi connectivity index (χ1v) is 8.99. The second-order valence-corrected chi connectivity index (χ2v) is 6.51. The molecule has 0 atom stereocenters. The van der Waals surface area contributed by atoms with Crippen LogP contribution in [0.2, 0.25) is 0 Å². The van der Waals surface area contributed by atoms with E-state index in [1.165, 1.54) is 4.90 Å². The largest absolute Gasteiger partial charge is 0.448 e. The van der Waals surface area contributed by atoms with Crippen LogP contribution in [0, 0.1) is 0 Å². The predicted molar refractivity (Wildman–Crippen MR) is 93.3 cm³/mol. The van der Waals surface area contributed by atoms with Gasteiger partial charge in [0.1, 0.15) is 13.2 Å². The summed E-state index contributed by atoms with van der Waals surface area (Å²) in [6, 6.07) is 3.83. The number of nitrogens with zero attached hydrogens (tertiary/aromatic N) is 4. The Hall–Kier alpha value is -2.64. The fraction of sp³-hybridized carbons (Fsp3) is 0.556. The summed E-state index contributed by atoms with van der Waals surface area (Å²) in [5.74, 6) is 0.0137. The first-order chi connectivity index (χ1) is 12.6. The molecule has 0 radical (unpaired) electrons. The van der Waals surface area contributed by atoms with Crippen LogP contribution in [0.4, 0.5) is 4.79 Å². The van der Waals surface area contributed by atoms with Gasteiger partial charge in [0.05, 0.1) is 6.54 Å². The van der Waals surface area contributed by atoms with Gasteiger partial charge in [-0.2, -0.15) is 0 Å². The lowest BCUT2D eigenvalue weighted by atomic mass is 10.1. The van der Waals surface area contributed by atoms with Crippen molar-refractivity contribution in [3.05, 3.63) is 30.1 Å². The third-order valence-electron chi connectivity index (χ3n) is 4.72. The number of hydrogen-bond donors (Lipinski definition) is 0. The zero-order valence-corrected chi connectivity index (χ0v) is 14.8. The fourth-order valence-electron chi connectivity index (χ4n) is 3.20. The van der Waals surface area contributed by atoms with Gasteiger partial charge in [0.25, 0.3) is 0 Å². The van der Waals surface area contributed by atoms with E-state index in [-0.39, 0.29) is 18.4 Å². The van der Waals surface area contributed by atoms with Gasteiger partial charge in [0.2, 0.25) is 11.8 Å². The molecule has 8 heteroatoms. The van der Waals surface area contributed by atoms with E-state index in [2.05, 4.69) is 4.98 Å². The van der Waals surface area contributed by atoms with Gasteiger partial charge in [-0.1, -0.05) is 6.07 Å². The van der Waals surface area contributed by atoms with Crippen LogP contribution in [0.15, 0.2) is 24.5 Å². The van der Waals surface area contributed by atoms with Crippen molar-refractivity contribution in [2.24, 2.45) is 0 Å². The minimum absolute atomic E-state index is 0.0494. The molecule has 2 fully saturated rings. The SMILES string of the molecule is O=C(CCc1cccnc1)N1CCCN(C(=O)CN2CCOC2=O)CC1. The lowest BCUT2D eigenvalue weighted by Crippen LogP contribution is -2.42. The van der Waals surface area contributed by atoms with Crippen molar-refractivity contribution in [3.8, 4) is 0 Å². The van der Waals surface area contributed by atoms with E-state index in [4.69, 9.17) is 4.74 Å². The van der Waals surface area contributed by atoms with Crippen LogP contribution in [-0.4, -0.2) is 83.5 Å². The standard InChI is InChI=1S/C18H24N4O4/c23-16(5-4-15-3-1-6-19-13-15)20-7-2-8-21(10-9-20)17(24)14-22-11-12-26-18(22)25/h1,3,6,13H,2,4-5,7-12,14H2. The first-order valence-electron chi connectivity index (χ1n) is 8.99. The number of pyridine rings is 1. The van der Waals surface area contributed by atoms with Crippen molar-refractivity contribution >= 4 is 17.9 Å². The van der Waals surface area contributed by atoms with Crippen molar-refractivity contribution in [2.75, 3.05) is 45.9 Å². The molecular weight excluding hydrogens is 336 g/mol. The molecule has 2 saturated heterocycles. The number of ether oxygens (including phenoxy) is 1. The molecule has 0 aromatic carbocycles. The first kappa shape index (κ1) is 18.2. The van der Waals surface area contributed by atoms with Crippen molar-refractivity contribution in [1.29, 1.82) is 0 Å². The van der Waals surface area contributed by atoms with Crippen molar-refractivity contribution in [2.45, 2.75) is 19.3 Å². The van der Waals surface area contributed by atoms with Crippen LogP contribution < -0.4 is 0 Å². The average Bonchev–Trinajstić information content (AvgIpc) is 2.91. The molecule has 0 aliphatic carbocycles. The Morgan fingerprint density at radius 3 is 2.50 bits per heavy atom. The number of amides is 3. The van der Waals surface area contributed by atoms with E-state index >= 15 is 0 Å². The topological polar surface area (TPSA) is 83.1 Å². The Morgan fingerprint density at radius 1 is 1.08 bits per heavy atom. The summed E-state index contributed by atoms with van der Waals surface area (Å²) in [5.41, 5.74) is 1.05. The fourth-order valence-corrected chi connectivity index (χ4v) is 3.20. The molecular formula is C18H24N4O4. The van der Waals surface area contributed by atoms with E-state index in [1.807, 2.05) is 17.0 Å². The Morgan fingerprint density at radius 2 is 1.85 bits per heavy atom. The van der Waals surface area contributed by atoms with Gasteiger partial charge in [0.15, 0.2) is 0 Å². The summed E-state index contributed by atoms with van der Waals surface area (Å²) in [6.07, 6.45) is 4.92. The second-order valence-electron chi connectivity index (χ2n) is 6.51. The Bertz CT molecular complexity index is 652. The number of aromatic nitrogens is 1. The highest BCUT2D eigenvalue weighted by molar-refractivity contribution is 5.83. The maximum atomic E-state index is 12.5. The molecule has 3 rings (SSSR count). The summed E-state index contributed by atoms with van der Waals surface area (Å²) in [6.45, 7) is 3.13. The van der Waals surface area contributed by atoms with E-state index in [0.29, 0.717) is 52.2 Å². The van der Waals surface area contributed by atoms with Gasteiger partial charge in [0, 0.05) is 45.0 Å². The Labute approximate surface area is 152 Å². The van der Waals surface area contributed by atoms with Gasteiger partial charge in [-0.15, -0.1) is 0 Å². The van der Waals surface area contributed by atoms with Crippen molar-refractivity contribution in [1.82, 2.24) is 19.7 Å². The molecule has 140 valence electrons. The molecule has 0 spiro atoms. The Kier molecular flexibility index (Phi) is 6.04. The molecule has 3 amide bonds.